The number of carbonyl (C=O) groups excluding carboxylic acids is 1. The number of fused-ring (bicyclic) bond motifs is 5. The Bertz CT molecular complexity index is 675. The highest BCUT2D eigenvalue weighted by Crippen LogP contribution is 2.70. The fourth-order valence-corrected chi connectivity index (χ4v) is 8.45. The van der Waals surface area contributed by atoms with Gasteiger partial charge < -0.3 is 15.3 Å². The maximum Gasteiger partial charge on any atom is 0.179 e. The first-order valence-electron chi connectivity index (χ1n) is 10.8. The van der Waals surface area contributed by atoms with Gasteiger partial charge in [-0.05, 0) is 62.2 Å². The second kappa shape index (κ2) is 6.38. The Balaban J connectivity index is 1.73. The van der Waals surface area contributed by atoms with Gasteiger partial charge >= 0.3 is 0 Å². The first-order chi connectivity index (χ1) is 13.0. The summed E-state index contributed by atoms with van der Waals surface area (Å²) in [5.41, 5.74) is -4.16. The minimum absolute atomic E-state index is 0.0221. The van der Waals surface area contributed by atoms with E-state index in [9.17, 15) is 20.1 Å². The molecule has 0 aromatic rings. The molecule has 3 N–H and O–H groups in total. The van der Waals surface area contributed by atoms with Gasteiger partial charge in [-0.25, -0.2) is 4.39 Å². The van der Waals surface area contributed by atoms with Crippen molar-refractivity contribution < 1.29 is 24.5 Å². The molecule has 4 aliphatic carbocycles. The van der Waals surface area contributed by atoms with E-state index < -0.39 is 34.3 Å². The Morgan fingerprint density at radius 2 is 1.75 bits per heavy atom. The van der Waals surface area contributed by atoms with Crippen molar-refractivity contribution in [2.75, 3.05) is 5.88 Å². The summed E-state index contributed by atoms with van der Waals surface area (Å²) in [6.07, 6.45) is 1.58. The Kier molecular flexibility index (Phi) is 4.79. The van der Waals surface area contributed by atoms with Crippen molar-refractivity contribution >= 4 is 17.4 Å². The summed E-state index contributed by atoms with van der Waals surface area (Å²) in [6.45, 7) is 5.90. The molecule has 0 heterocycles. The van der Waals surface area contributed by atoms with Gasteiger partial charge in [-0.2, -0.15) is 0 Å². The van der Waals surface area contributed by atoms with E-state index in [0.29, 0.717) is 25.7 Å². The van der Waals surface area contributed by atoms with Gasteiger partial charge in [0.15, 0.2) is 5.78 Å². The first kappa shape index (κ1) is 21.0. The van der Waals surface area contributed by atoms with Crippen LogP contribution in [0.4, 0.5) is 4.39 Å². The molecule has 10 atom stereocenters. The third-order valence-corrected chi connectivity index (χ3v) is 10.2. The zero-order chi connectivity index (χ0) is 20.7. The van der Waals surface area contributed by atoms with E-state index in [1.54, 1.807) is 0 Å². The molecule has 4 nitrogen and oxygen atoms in total. The third kappa shape index (κ3) is 2.31. The van der Waals surface area contributed by atoms with Crippen LogP contribution in [0.15, 0.2) is 0 Å². The van der Waals surface area contributed by atoms with Crippen LogP contribution in [0.2, 0.25) is 0 Å². The highest BCUT2D eigenvalue weighted by Gasteiger charge is 2.72. The third-order valence-electron chi connectivity index (χ3n) is 9.91. The van der Waals surface area contributed by atoms with Crippen LogP contribution in [0.25, 0.3) is 0 Å². The maximum atomic E-state index is 15.5. The van der Waals surface area contributed by atoms with Crippen LogP contribution >= 0.6 is 11.6 Å². The summed E-state index contributed by atoms with van der Waals surface area (Å²) >= 11 is 5.86. The highest BCUT2D eigenvalue weighted by molar-refractivity contribution is 6.29. The van der Waals surface area contributed by atoms with Gasteiger partial charge in [0.1, 0.15) is 17.4 Å². The smallest absolute Gasteiger partial charge is 0.179 e. The van der Waals surface area contributed by atoms with E-state index >= 15 is 4.39 Å². The number of halogens is 2. The lowest BCUT2D eigenvalue weighted by atomic mass is 9.42. The number of aliphatic hydroxyl groups is 3. The van der Waals surface area contributed by atoms with Crippen molar-refractivity contribution in [1.29, 1.82) is 0 Å². The molecule has 0 unspecified atom stereocenters. The van der Waals surface area contributed by atoms with Crippen LogP contribution in [0.5, 0.6) is 0 Å². The average Bonchev–Trinajstić information content (AvgIpc) is 2.85. The van der Waals surface area contributed by atoms with E-state index in [1.807, 2.05) is 20.8 Å². The van der Waals surface area contributed by atoms with E-state index in [2.05, 4.69) is 0 Å². The Labute approximate surface area is 171 Å². The summed E-state index contributed by atoms with van der Waals surface area (Å²) in [4.78, 5) is 12.7. The summed E-state index contributed by atoms with van der Waals surface area (Å²) in [5, 5.41) is 33.0. The molecule has 160 valence electrons. The zero-order valence-corrected chi connectivity index (χ0v) is 17.9. The summed E-state index contributed by atoms with van der Waals surface area (Å²) in [5.74, 6) is -0.554. The topological polar surface area (TPSA) is 77.8 Å². The fraction of sp³-hybridized carbons (Fsp3) is 0.955. The van der Waals surface area contributed by atoms with Gasteiger partial charge in [0.25, 0.3) is 0 Å². The van der Waals surface area contributed by atoms with E-state index in [4.69, 9.17) is 11.6 Å². The lowest BCUT2D eigenvalue weighted by Crippen LogP contribution is -2.68. The number of aliphatic hydroxyl groups excluding tert-OH is 1. The molecular formula is C22H34ClFO4. The molecule has 0 aromatic heterocycles. The van der Waals surface area contributed by atoms with Crippen LogP contribution in [0.3, 0.4) is 0 Å². The van der Waals surface area contributed by atoms with Crippen molar-refractivity contribution in [3.05, 3.63) is 0 Å². The second-order valence-electron chi connectivity index (χ2n) is 10.7. The van der Waals surface area contributed by atoms with E-state index in [1.165, 1.54) is 0 Å². The second-order valence-corrected chi connectivity index (χ2v) is 11.0. The molecular weight excluding hydrogens is 383 g/mol. The van der Waals surface area contributed by atoms with Crippen molar-refractivity contribution in [2.24, 2.45) is 34.5 Å². The molecule has 4 aliphatic rings. The molecule has 0 amide bonds. The van der Waals surface area contributed by atoms with Gasteiger partial charge in [-0.1, -0.05) is 20.8 Å². The minimum Gasteiger partial charge on any atom is -0.393 e. The molecule has 0 aliphatic heterocycles. The predicted molar refractivity (Wildman–Crippen MR) is 105 cm³/mol. The number of Topliss-reactive ketones (excluding diaryl/α,β-unsaturated/α-hetero) is 1. The Morgan fingerprint density at radius 3 is 2.39 bits per heavy atom. The molecule has 0 spiro atoms. The van der Waals surface area contributed by atoms with E-state index in [-0.39, 0.29) is 48.2 Å². The number of hydrogen-bond acceptors (Lipinski definition) is 4. The number of hydrogen-bond donors (Lipinski definition) is 3. The molecule has 0 bridgehead atoms. The molecule has 4 fully saturated rings. The number of rotatable bonds is 2. The van der Waals surface area contributed by atoms with Crippen LogP contribution < -0.4 is 0 Å². The molecule has 6 heteroatoms. The standard InChI is InChI=1S/C22H34ClFO4/c1-12-8-16-14-9-17(24)21(27)10-13(25)4-6-19(21,2)15(14)5-7-20(16,3)22(12,28)18(26)11-23/h12-17,25,27-28H,4-11H2,1-3H3/t12-,13-,14+,15-,16-,17+,19+,20-,21-,22-/m0/s1. The first-order valence-corrected chi connectivity index (χ1v) is 11.4. The summed E-state index contributed by atoms with van der Waals surface area (Å²) < 4.78 is 15.5. The van der Waals surface area contributed by atoms with Crippen LogP contribution in [-0.4, -0.2) is 50.5 Å². The fourth-order valence-electron chi connectivity index (χ4n) is 8.25. The van der Waals surface area contributed by atoms with Crippen LogP contribution in [0.1, 0.15) is 65.7 Å². The molecule has 0 aromatic carbocycles. The van der Waals surface area contributed by atoms with Gasteiger partial charge in [0.05, 0.1) is 12.0 Å². The van der Waals surface area contributed by atoms with Gasteiger partial charge in [0.2, 0.25) is 0 Å². The predicted octanol–water partition coefficient (Wildman–Crippen LogP) is 3.24. The number of alkyl halides is 2. The minimum atomic E-state index is -1.49. The van der Waals surface area contributed by atoms with Gasteiger partial charge in [-0.3, -0.25) is 4.79 Å². The Morgan fingerprint density at radius 1 is 1.11 bits per heavy atom. The number of carbonyl (C=O) groups is 1. The molecule has 0 saturated heterocycles. The van der Waals surface area contributed by atoms with E-state index in [0.717, 1.165) is 6.42 Å². The monoisotopic (exact) mass is 416 g/mol. The van der Waals surface area contributed by atoms with Crippen molar-refractivity contribution in [3.8, 4) is 0 Å². The summed E-state index contributed by atoms with van der Waals surface area (Å²) in [6, 6.07) is 0. The quantitative estimate of drug-likeness (QED) is 0.604. The maximum absolute atomic E-state index is 15.5. The SMILES string of the molecule is C[C@H]1C[C@H]2[C@@H]3C[C@@H](F)[C@@]4(O)C[C@@H](O)CC[C@]4(C)[C@H]3CC[C@]2(C)[C@@]1(O)C(=O)CCl. The molecule has 0 radical (unpaired) electrons. The average molecular weight is 417 g/mol. The largest absolute Gasteiger partial charge is 0.393 e. The normalized spacial score (nSPS) is 58.6. The van der Waals surface area contributed by atoms with Crippen molar-refractivity contribution in [1.82, 2.24) is 0 Å². The molecule has 4 rings (SSSR count). The zero-order valence-electron chi connectivity index (χ0n) is 17.1. The van der Waals surface area contributed by atoms with Crippen molar-refractivity contribution in [3.63, 3.8) is 0 Å². The lowest BCUT2D eigenvalue weighted by molar-refractivity contribution is -0.253. The van der Waals surface area contributed by atoms with Gasteiger partial charge in [-0.15, -0.1) is 11.6 Å². The number of ketones is 1. The summed E-state index contributed by atoms with van der Waals surface area (Å²) in [7, 11) is 0. The molecule has 4 saturated carbocycles. The van der Waals surface area contributed by atoms with Gasteiger partial charge in [0, 0.05) is 17.3 Å². The molecule has 28 heavy (non-hydrogen) atoms. The lowest BCUT2D eigenvalue weighted by Gasteiger charge is -2.65. The van der Waals surface area contributed by atoms with Crippen LogP contribution in [0, 0.1) is 34.5 Å². The van der Waals surface area contributed by atoms with Crippen LogP contribution in [-0.2, 0) is 4.79 Å². The Hall–Kier alpha value is -0.230. The highest BCUT2D eigenvalue weighted by atomic mass is 35.5. The van der Waals surface area contributed by atoms with Crippen molar-refractivity contribution in [2.45, 2.75) is 89.2 Å².